The van der Waals surface area contributed by atoms with E-state index in [1.54, 1.807) is 36.7 Å². The maximum atomic E-state index is 11.8. The molecule has 0 radical (unpaired) electrons. The minimum absolute atomic E-state index is 0.158. The Balaban J connectivity index is 1.83. The molecule has 0 atom stereocenters. The number of carbonyl (C=O) groups excluding carboxylic acids is 2. The van der Waals surface area contributed by atoms with Gasteiger partial charge in [-0.25, -0.2) is 9.97 Å². The average Bonchev–Trinajstić information content (AvgIpc) is 2.48. The molecule has 0 aliphatic heterocycles. The molecular weight excluding hydrogens is 302 g/mol. The molecule has 0 unspecified atom stereocenters. The molecule has 114 valence electrons. The Morgan fingerprint density at radius 2 is 1.82 bits per heavy atom. The van der Waals surface area contributed by atoms with Crippen molar-refractivity contribution >= 4 is 29.3 Å². The first-order chi connectivity index (χ1) is 10.5. The molecule has 0 bridgehead atoms. The predicted octanol–water partition coefficient (Wildman–Crippen LogP) is 2.44. The molecule has 1 N–H and O–H groups in total. The van der Waals surface area contributed by atoms with Crippen LogP contribution in [-0.2, 0) is 9.59 Å². The van der Waals surface area contributed by atoms with Gasteiger partial charge < -0.3 is 10.1 Å². The Kier molecular flexibility index (Phi) is 5.48. The third-order valence-corrected chi connectivity index (χ3v) is 3.36. The van der Waals surface area contributed by atoms with Crippen molar-refractivity contribution in [3.8, 4) is 5.75 Å². The number of carbonyl (C=O) groups is 2. The van der Waals surface area contributed by atoms with E-state index in [1.807, 2.05) is 6.92 Å². The Morgan fingerprint density at radius 1 is 1.18 bits per heavy atom. The SMILES string of the molecule is CC(=O)Oc1ccc(NC(=O)CSc2ncc(C)cn2)cc1. The fourth-order valence-electron chi connectivity index (χ4n) is 1.55. The number of amides is 1. The third kappa shape index (κ3) is 5.17. The van der Waals surface area contributed by atoms with Crippen molar-refractivity contribution in [1.82, 2.24) is 9.97 Å². The highest BCUT2D eigenvalue weighted by Crippen LogP contribution is 2.17. The zero-order valence-electron chi connectivity index (χ0n) is 12.2. The first-order valence-electron chi connectivity index (χ1n) is 6.53. The van der Waals surface area contributed by atoms with Gasteiger partial charge in [-0.1, -0.05) is 11.8 Å². The van der Waals surface area contributed by atoms with E-state index in [0.717, 1.165) is 5.56 Å². The molecule has 0 aliphatic carbocycles. The first kappa shape index (κ1) is 16.0. The van der Waals surface area contributed by atoms with Gasteiger partial charge in [0.05, 0.1) is 5.75 Å². The summed E-state index contributed by atoms with van der Waals surface area (Å²) in [5, 5.41) is 3.31. The van der Waals surface area contributed by atoms with E-state index in [2.05, 4.69) is 15.3 Å². The van der Waals surface area contributed by atoms with Gasteiger partial charge in [0.25, 0.3) is 0 Å². The highest BCUT2D eigenvalue weighted by molar-refractivity contribution is 7.99. The van der Waals surface area contributed by atoms with Crippen LogP contribution in [0.5, 0.6) is 5.75 Å². The zero-order chi connectivity index (χ0) is 15.9. The number of aromatic nitrogens is 2. The van der Waals surface area contributed by atoms with Crippen LogP contribution < -0.4 is 10.1 Å². The number of esters is 1. The Bertz CT molecular complexity index is 657. The molecule has 0 fully saturated rings. The van der Waals surface area contributed by atoms with Gasteiger partial charge in [-0.3, -0.25) is 9.59 Å². The quantitative estimate of drug-likeness (QED) is 0.395. The molecular formula is C15H15N3O3S. The van der Waals surface area contributed by atoms with E-state index in [1.165, 1.54) is 18.7 Å². The summed E-state index contributed by atoms with van der Waals surface area (Å²) in [6.07, 6.45) is 3.42. The minimum atomic E-state index is -0.383. The predicted molar refractivity (Wildman–Crippen MR) is 83.9 cm³/mol. The third-order valence-electron chi connectivity index (χ3n) is 2.49. The summed E-state index contributed by atoms with van der Waals surface area (Å²) in [7, 11) is 0. The Hall–Kier alpha value is -2.41. The summed E-state index contributed by atoms with van der Waals surface area (Å²) < 4.78 is 4.92. The van der Waals surface area contributed by atoms with Crippen molar-refractivity contribution in [2.45, 2.75) is 19.0 Å². The second-order valence-corrected chi connectivity index (χ2v) is 5.44. The summed E-state index contributed by atoms with van der Waals surface area (Å²) >= 11 is 1.26. The number of nitrogens with zero attached hydrogens (tertiary/aromatic N) is 2. The minimum Gasteiger partial charge on any atom is -0.427 e. The number of ether oxygens (including phenoxy) is 1. The molecule has 0 saturated carbocycles. The monoisotopic (exact) mass is 317 g/mol. The number of anilines is 1. The lowest BCUT2D eigenvalue weighted by atomic mass is 10.3. The molecule has 7 heteroatoms. The number of hydrogen-bond donors (Lipinski definition) is 1. The summed E-state index contributed by atoms with van der Waals surface area (Å²) in [5.74, 6) is 0.114. The average molecular weight is 317 g/mol. The fourth-order valence-corrected chi connectivity index (χ4v) is 2.14. The van der Waals surface area contributed by atoms with Crippen molar-refractivity contribution in [3.63, 3.8) is 0 Å². The van der Waals surface area contributed by atoms with Crippen LogP contribution in [0.25, 0.3) is 0 Å². The Morgan fingerprint density at radius 3 is 2.41 bits per heavy atom. The van der Waals surface area contributed by atoms with Crippen LogP contribution in [0.1, 0.15) is 12.5 Å². The normalized spacial score (nSPS) is 10.1. The molecule has 22 heavy (non-hydrogen) atoms. The van der Waals surface area contributed by atoms with Crippen molar-refractivity contribution in [3.05, 3.63) is 42.2 Å². The van der Waals surface area contributed by atoms with Crippen molar-refractivity contribution < 1.29 is 14.3 Å². The van der Waals surface area contributed by atoms with Crippen LogP contribution in [-0.4, -0.2) is 27.6 Å². The van der Waals surface area contributed by atoms with E-state index in [4.69, 9.17) is 4.74 Å². The van der Waals surface area contributed by atoms with Gasteiger partial charge in [0, 0.05) is 25.0 Å². The molecule has 1 amide bonds. The summed E-state index contributed by atoms with van der Waals surface area (Å²) in [5.41, 5.74) is 1.60. The van der Waals surface area contributed by atoms with E-state index < -0.39 is 0 Å². The second-order valence-electron chi connectivity index (χ2n) is 4.50. The molecule has 1 heterocycles. The van der Waals surface area contributed by atoms with Crippen LogP contribution in [0, 0.1) is 6.92 Å². The molecule has 2 aromatic rings. The lowest BCUT2D eigenvalue weighted by molar-refractivity contribution is -0.131. The molecule has 0 spiro atoms. The van der Waals surface area contributed by atoms with E-state index >= 15 is 0 Å². The van der Waals surface area contributed by atoms with Crippen LogP contribution in [0.4, 0.5) is 5.69 Å². The van der Waals surface area contributed by atoms with Crippen LogP contribution in [0.3, 0.4) is 0 Å². The van der Waals surface area contributed by atoms with Gasteiger partial charge >= 0.3 is 5.97 Å². The van der Waals surface area contributed by atoms with Gasteiger partial charge in [0.2, 0.25) is 5.91 Å². The van der Waals surface area contributed by atoms with Gasteiger partial charge in [0.15, 0.2) is 5.16 Å². The zero-order valence-corrected chi connectivity index (χ0v) is 13.0. The molecule has 1 aromatic heterocycles. The number of aryl methyl sites for hydroxylation is 1. The standard InChI is InChI=1S/C15H15N3O3S/c1-10-7-16-15(17-8-10)22-9-14(20)18-12-3-5-13(6-4-12)21-11(2)19/h3-8H,9H2,1-2H3,(H,18,20). The van der Waals surface area contributed by atoms with Gasteiger partial charge in [-0.2, -0.15) is 0 Å². The molecule has 1 aromatic carbocycles. The Labute approximate surface area is 132 Å². The molecule has 0 saturated heterocycles. The maximum Gasteiger partial charge on any atom is 0.308 e. The molecule has 2 rings (SSSR count). The van der Waals surface area contributed by atoms with E-state index in [-0.39, 0.29) is 17.6 Å². The van der Waals surface area contributed by atoms with E-state index in [9.17, 15) is 9.59 Å². The number of thioether (sulfide) groups is 1. The highest BCUT2D eigenvalue weighted by Gasteiger charge is 2.06. The second kappa shape index (κ2) is 7.56. The van der Waals surface area contributed by atoms with Gasteiger partial charge in [0.1, 0.15) is 5.75 Å². The van der Waals surface area contributed by atoms with Gasteiger partial charge in [-0.15, -0.1) is 0 Å². The largest absolute Gasteiger partial charge is 0.427 e. The lowest BCUT2D eigenvalue weighted by Crippen LogP contribution is -2.14. The van der Waals surface area contributed by atoms with Crippen LogP contribution >= 0.6 is 11.8 Å². The number of rotatable bonds is 5. The lowest BCUT2D eigenvalue weighted by Gasteiger charge is -2.06. The topological polar surface area (TPSA) is 81.2 Å². The van der Waals surface area contributed by atoms with Crippen molar-refractivity contribution in [1.29, 1.82) is 0 Å². The summed E-state index contributed by atoms with van der Waals surface area (Å²) in [4.78, 5) is 30.9. The van der Waals surface area contributed by atoms with Gasteiger partial charge in [-0.05, 0) is 36.8 Å². The molecule has 6 nitrogen and oxygen atoms in total. The first-order valence-corrected chi connectivity index (χ1v) is 7.51. The van der Waals surface area contributed by atoms with Crippen molar-refractivity contribution in [2.24, 2.45) is 0 Å². The summed E-state index contributed by atoms with van der Waals surface area (Å²) in [6.45, 7) is 3.24. The van der Waals surface area contributed by atoms with Crippen LogP contribution in [0.2, 0.25) is 0 Å². The number of benzene rings is 1. The van der Waals surface area contributed by atoms with Crippen LogP contribution in [0.15, 0.2) is 41.8 Å². The molecule has 0 aliphatic rings. The van der Waals surface area contributed by atoms with Crippen molar-refractivity contribution in [2.75, 3.05) is 11.1 Å². The highest BCUT2D eigenvalue weighted by atomic mass is 32.2. The fraction of sp³-hybridized carbons (Fsp3) is 0.200. The number of hydrogen-bond acceptors (Lipinski definition) is 6. The van der Waals surface area contributed by atoms with E-state index in [0.29, 0.717) is 16.6 Å². The smallest absolute Gasteiger partial charge is 0.308 e. The number of nitrogens with one attached hydrogen (secondary N) is 1. The maximum absolute atomic E-state index is 11.8. The summed E-state index contributed by atoms with van der Waals surface area (Å²) in [6, 6.07) is 6.58.